The van der Waals surface area contributed by atoms with Crippen molar-refractivity contribution in [1.29, 1.82) is 0 Å². The Hall–Kier alpha value is -2.31. The summed E-state index contributed by atoms with van der Waals surface area (Å²) in [6, 6.07) is 13.9. The van der Waals surface area contributed by atoms with Crippen molar-refractivity contribution in [2.45, 2.75) is 51.5 Å². The van der Waals surface area contributed by atoms with Crippen LogP contribution < -0.4 is 5.32 Å². The first-order chi connectivity index (χ1) is 16.3. The lowest BCUT2D eigenvalue weighted by atomic mass is 9.96. The van der Waals surface area contributed by atoms with E-state index in [1.165, 1.54) is 6.07 Å². The second-order valence-electron chi connectivity index (χ2n) is 8.50. The average Bonchev–Trinajstić information content (AvgIpc) is 3.32. The van der Waals surface area contributed by atoms with Crippen molar-refractivity contribution in [1.82, 2.24) is 5.32 Å². The molecule has 0 aliphatic carbocycles. The molecule has 3 aromatic rings. The normalized spacial score (nSPS) is 11.8. The molecule has 0 spiro atoms. The fraction of sp³-hybridized carbons (Fsp3) is 0.385. The van der Waals surface area contributed by atoms with Gasteiger partial charge in [-0.05, 0) is 80.1 Å². The van der Waals surface area contributed by atoms with Gasteiger partial charge in [0.2, 0.25) is 0 Å². The predicted molar refractivity (Wildman–Crippen MR) is 130 cm³/mol. The topological polar surface area (TPSA) is 82.7 Å². The van der Waals surface area contributed by atoms with E-state index in [1.807, 2.05) is 18.2 Å². The van der Waals surface area contributed by atoms with Crippen molar-refractivity contribution < 1.29 is 27.5 Å². The van der Waals surface area contributed by atoms with Crippen LogP contribution in [0.5, 0.6) is 0 Å². The number of unbranched alkanes of at least 4 members (excludes halogenated alkanes) is 3. The summed E-state index contributed by atoms with van der Waals surface area (Å²) in [5.74, 6) is 0.210. The third-order valence-corrected chi connectivity index (χ3v) is 6.68. The molecule has 0 saturated heterocycles. The molecule has 3 rings (SSSR count). The summed E-state index contributed by atoms with van der Waals surface area (Å²) in [5, 5.41) is 3.05. The molecule has 0 aliphatic heterocycles. The molecule has 0 atom stereocenters. The molecule has 0 bridgehead atoms. The fourth-order valence-corrected chi connectivity index (χ4v) is 4.55. The highest BCUT2D eigenvalue weighted by atomic mass is 31.2. The number of hydrogen-bond acceptors (Lipinski definition) is 3. The van der Waals surface area contributed by atoms with Gasteiger partial charge in [-0.1, -0.05) is 31.0 Å². The van der Waals surface area contributed by atoms with Crippen molar-refractivity contribution in [2.24, 2.45) is 0 Å². The maximum atomic E-state index is 14.8. The van der Waals surface area contributed by atoms with E-state index in [2.05, 4.69) is 5.32 Å². The minimum atomic E-state index is -4.01. The molecule has 0 unspecified atom stereocenters. The maximum absolute atomic E-state index is 14.8. The van der Waals surface area contributed by atoms with E-state index in [9.17, 15) is 13.3 Å². The van der Waals surface area contributed by atoms with Gasteiger partial charge in [-0.25, -0.2) is 8.78 Å². The van der Waals surface area contributed by atoms with Crippen LogP contribution in [-0.4, -0.2) is 22.5 Å². The summed E-state index contributed by atoms with van der Waals surface area (Å²) >= 11 is 0. The van der Waals surface area contributed by atoms with E-state index in [0.29, 0.717) is 30.7 Å². The van der Waals surface area contributed by atoms with Crippen LogP contribution in [0.1, 0.15) is 48.8 Å². The second-order valence-corrected chi connectivity index (χ2v) is 10.3. The lowest BCUT2D eigenvalue weighted by Crippen LogP contribution is -2.17. The average molecular weight is 492 g/mol. The first-order valence-corrected chi connectivity index (χ1v) is 13.5. The Labute approximate surface area is 199 Å². The Balaban J connectivity index is 1.53. The molecule has 0 aliphatic rings. The molecule has 34 heavy (non-hydrogen) atoms. The van der Waals surface area contributed by atoms with Gasteiger partial charge < -0.3 is 19.5 Å². The Morgan fingerprint density at radius 3 is 2.24 bits per heavy atom. The van der Waals surface area contributed by atoms with Crippen molar-refractivity contribution in [3.05, 3.63) is 83.1 Å². The van der Waals surface area contributed by atoms with E-state index < -0.39 is 7.60 Å². The zero-order chi connectivity index (χ0) is 24.4. The summed E-state index contributed by atoms with van der Waals surface area (Å²) in [6.07, 6.45) is 6.88. The molecule has 1 aromatic heterocycles. The lowest BCUT2D eigenvalue weighted by Gasteiger charge is -2.13. The zero-order valence-electron chi connectivity index (χ0n) is 19.2. The first-order valence-electron chi connectivity index (χ1n) is 11.7. The smallest absolute Gasteiger partial charge is 0.325 e. The van der Waals surface area contributed by atoms with Gasteiger partial charge in [-0.2, -0.15) is 0 Å². The molecule has 2 aromatic carbocycles. The van der Waals surface area contributed by atoms with Crippen LogP contribution in [0.4, 0.5) is 8.78 Å². The molecular weight excluding hydrogens is 459 g/mol. The van der Waals surface area contributed by atoms with Crippen LogP contribution in [0.15, 0.2) is 59.2 Å². The van der Waals surface area contributed by atoms with Crippen LogP contribution in [-0.2, 0) is 24.0 Å². The molecule has 184 valence electrons. The van der Waals surface area contributed by atoms with Gasteiger partial charge in [0, 0.05) is 17.7 Å². The summed E-state index contributed by atoms with van der Waals surface area (Å²) in [7, 11) is -4.01. The van der Waals surface area contributed by atoms with Crippen LogP contribution in [0.25, 0.3) is 11.3 Å². The second kappa shape index (κ2) is 13.0. The molecule has 0 radical (unpaired) electrons. The minimum Gasteiger partial charge on any atom is -0.464 e. The van der Waals surface area contributed by atoms with E-state index in [0.717, 1.165) is 48.8 Å². The molecule has 3 N–H and O–H groups in total. The van der Waals surface area contributed by atoms with Gasteiger partial charge in [0.15, 0.2) is 0 Å². The molecule has 1 heterocycles. The van der Waals surface area contributed by atoms with E-state index >= 15 is 0 Å². The van der Waals surface area contributed by atoms with Crippen molar-refractivity contribution >= 4 is 7.60 Å². The Kier molecular flexibility index (Phi) is 10.0. The number of furan rings is 1. The number of aryl methyl sites for hydroxylation is 2. The SMILES string of the molecule is O=P(O)(O)CCCNCc1cc(-c2ccco2)c(CCCCCCc2ccccc2F)cc1F. The van der Waals surface area contributed by atoms with Crippen LogP contribution in [0, 0.1) is 11.6 Å². The quantitative estimate of drug-likeness (QED) is 0.184. The molecule has 0 fully saturated rings. The molecule has 8 heteroatoms. The van der Waals surface area contributed by atoms with E-state index in [1.54, 1.807) is 30.5 Å². The largest absolute Gasteiger partial charge is 0.464 e. The molecular formula is C26H32F2NO4P. The Bertz CT molecular complexity index is 1080. The van der Waals surface area contributed by atoms with Gasteiger partial charge in [0.1, 0.15) is 17.4 Å². The number of halogens is 2. The predicted octanol–water partition coefficient (Wildman–Crippen LogP) is 6.23. The van der Waals surface area contributed by atoms with Gasteiger partial charge in [0.25, 0.3) is 0 Å². The number of benzene rings is 2. The number of rotatable bonds is 14. The highest BCUT2D eigenvalue weighted by Crippen LogP contribution is 2.34. The first kappa shape index (κ1) is 26.3. The summed E-state index contributed by atoms with van der Waals surface area (Å²) in [6.45, 7) is 0.645. The number of nitrogens with one attached hydrogen (secondary N) is 1. The molecule has 5 nitrogen and oxygen atoms in total. The Morgan fingerprint density at radius 2 is 1.56 bits per heavy atom. The summed E-state index contributed by atoms with van der Waals surface area (Å²) < 4.78 is 45.0. The lowest BCUT2D eigenvalue weighted by molar-refractivity contribution is 0.371. The zero-order valence-corrected chi connectivity index (χ0v) is 20.1. The van der Waals surface area contributed by atoms with Crippen LogP contribution >= 0.6 is 7.60 Å². The van der Waals surface area contributed by atoms with Gasteiger partial charge >= 0.3 is 7.60 Å². The van der Waals surface area contributed by atoms with Gasteiger partial charge in [0.05, 0.1) is 12.4 Å². The fourth-order valence-electron chi connectivity index (χ4n) is 3.98. The van der Waals surface area contributed by atoms with Crippen molar-refractivity contribution in [3.63, 3.8) is 0 Å². The van der Waals surface area contributed by atoms with Crippen molar-refractivity contribution in [2.75, 3.05) is 12.7 Å². The van der Waals surface area contributed by atoms with Crippen LogP contribution in [0.3, 0.4) is 0 Å². The van der Waals surface area contributed by atoms with E-state index in [-0.39, 0.29) is 24.3 Å². The van der Waals surface area contributed by atoms with Crippen LogP contribution in [0.2, 0.25) is 0 Å². The van der Waals surface area contributed by atoms with Gasteiger partial charge in [-0.3, -0.25) is 4.57 Å². The molecule has 0 saturated carbocycles. The number of hydrogen-bond donors (Lipinski definition) is 3. The third kappa shape index (κ3) is 8.48. The summed E-state index contributed by atoms with van der Waals surface area (Å²) in [5.41, 5.74) is 2.96. The van der Waals surface area contributed by atoms with Crippen molar-refractivity contribution in [3.8, 4) is 11.3 Å². The minimum absolute atomic E-state index is 0.155. The van der Waals surface area contributed by atoms with E-state index in [4.69, 9.17) is 14.2 Å². The monoisotopic (exact) mass is 491 g/mol. The Morgan fingerprint density at radius 1 is 0.824 bits per heavy atom. The third-order valence-electron chi connectivity index (χ3n) is 5.78. The standard InChI is InChI=1S/C26H32F2NO4P/c27-24-12-6-5-10-20(24)9-3-1-2-4-11-21-18-25(28)22(17-23(21)26-13-7-15-33-26)19-29-14-8-16-34(30,31)32/h5-7,10,12-13,15,17-18,29H,1-4,8-9,11,14,16,19H2,(H2,30,31,32). The summed E-state index contributed by atoms with van der Waals surface area (Å²) in [4.78, 5) is 17.9. The van der Waals surface area contributed by atoms with Gasteiger partial charge in [-0.15, -0.1) is 0 Å². The maximum Gasteiger partial charge on any atom is 0.325 e. The highest BCUT2D eigenvalue weighted by molar-refractivity contribution is 7.51. The molecule has 0 amide bonds. The highest BCUT2D eigenvalue weighted by Gasteiger charge is 2.14.